The van der Waals surface area contributed by atoms with Crippen molar-refractivity contribution in [1.29, 1.82) is 0 Å². The van der Waals surface area contributed by atoms with Crippen LogP contribution in [-0.4, -0.2) is 6.72 Å². The summed E-state index contributed by atoms with van der Waals surface area (Å²) < 4.78 is 0. The van der Waals surface area contributed by atoms with Crippen LogP contribution in [0.4, 0.5) is 0 Å². The van der Waals surface area contributed by atoms with Crippen LogP contribution in [0.3, 0.4) is 0 Å². The Morgan fingerprint density at radius 3 is 1.60 bits per heavy atom. The van der Waals surface area contributed by atoms with E-state index in [9.17, 15) is 0 Å². The molecule has 0 bridgehead atoms. The third-order valence-corrected chi connectivity index (χ3v) is 5.44. The Balaban J connectivity index is 1.55. The van der Waals surface area contributed by atoms with E-state index in [0.717, 1.165) is 0 Å². The number of benzene rings is 4. The third kappa shape index (κ3) is 4.47. The van der Waals surface area contributed by atoms with E-state index < -0.39 is 0 Å². The molecule has 0 aromatic heterocycles. The molecule has 0 saturated heterocycles. The molecule has 0 saturated carbocycles. The molecule has 4 aromatic rings. The molecule has 0 radical (unpaired) electrons. The molecule has 0 N–H and O–H groups in total. The lowest BCUT2D eigenvalue weighted by molar-refractivity contribution is 0.964. The van der Waals surface area contributed by atoms with Crippen LogP contribution in [0, 0.1) is 0 Å². The Labute approximate surface area is 179 Å². The van der Waals surface area contributed by atoms with Crippen LogP contribution in [0.2, 0.25) is 0 Å². The molecule has 4 aromatic carbocycles. The second kappa shape index (κ2) is 9.19. The van der Waals surface area contributed by atoms with Gasteiger partial charge in [0.2, 0.25) is 0 Å². The van der Waals surface area contributed by atoms with Gasteiger partial charge in [-0.15, -0.1) is 0 Å². The molecule has 1 unspecified atom stereocenters. The Hall–Kier alpha value is -3.71. The van der Waals surface area contributed by atoms with Crippen molar-refractivity contribution in [2.45, 2.75) is 12.8 Å². The number of nitrogens with zero attached hydrogens (tertiary/aromatic N) is 1. The van der Waals surface area contributed by atoms with Gasteiger partial charge in [-0.2, -0.15) is 0 Å². The standard InChI is InChI=1S/C29H25N/c1-22(19-20-30-2)28-9-6-10-29(21-28)27-17-15-26(16-18-27)25-13-11-24(12-14-25)23-7-4-3-5-8-23/h3-22H,2H2,1H3/b20-19-. The van der Waals surface area contributed by atoms with Gasteiger partial charge in [-0.3, -0.25) is 4.99 Å². The van der Waals surface area contributed by atoms with Crippen molar-refractivity contribution in [2.75, 3.05) is 0 Å². The minimum Gasteiger partial charge on any atom is -0.273 e. The minimum absolute atomic E-state index is 0.304. The highest BCUT2D eigenvalue weighted by molar-refractivity contribution is 5.73. The van der Waals surface area contributed by atoms with Crippen molar-refractivity contribution in [2.24, 2.45) is 4.99 Å². The number of rotatable bonds is 6. The van der Waals surface area contributed by atoms with Gasteiger partial charge in [-0.1, -0.05) is 116 Å². The maximum Gasteiger partial charge on any atom is 0.0226 e. The molecule has 0 fully saturated rings. The smallest absolute Gasteiger partial charge is 0.0226 e. The molecule has 146 valence electrons. The minimum atomic E-state index is 0.304. The van der Waals surface area contributed by atoms with Crippen LogP contribution in [0.25, 0.3) is 33.4 Å². The summed E-state index contributed by atoms with van der Waals surface area (Å²) in [5.41, 5.74) is 8.65. The van der Waals surface area contributed by atoms with E-state index in [0.29, 0.717) is 5.92 Å². The van der Waals surface area contributed by atoms with Crippen LogP contribution in [0.15, 0.2) is 120 Å². The summed E-state index contributed by atoms with van der Waals surface area (Å²) in [6.45, 7) is 5.68. The fourth-order valence-corrected chi connectivity index (χ4v) is 3.64. The molecule has 0 aliphatic heterocycles. The monoisotopic (exact) mass is 387 g/mol. The first-order chi connectivity index (χ1) is 14.7. The quantitative estimate of drug-likeness (QED) is 0.297. The summed E-state index contributed by atoms with van der Waals surface area (Å²) in [6, 6.07) is 36.7. The molecule has 0 heterocycles. The van der Waals surface area contributed by atoms with E-state index in [-0.39, 0.29) is 0 Å². The predicted octanol–water partition coefficient (Wildman–Crippen LogP) is 8.01. The number of hydrogen-bond acceptors (Lipinski definition) is 1. The average molecular weight is 388 g/mol. The third-order valence-electron chi connectivity index (χ3n) is 5.44. The SMILES string of the molecule is C=N/C=C\C(C)c1cccc(-c2ccc(-c3ccc(-c4ccccc4)cc3)cc2)c1. The van der Waals surface area contributed by atoms with Gasteiger partial charge >= 0.3 is 0 Å². The zero-order valence-corrected chi connectivity index (χ0v) is 17.2. The van der Waals surface area contributed by atoms with Gasteiger partial charge in [0, 0.05) is 12.1 Å². The normalized spacial score (nSPS) is 12.0. The first-order valence-electron chi connectivity index (χ1n) is 10.2. The van der Waals surface area contributed by atoms with Crippen LogP contribution in [-0.2, 0) is 0 Å². The molecule has 0 aliphatic rings. The van der Waals surface area contributed by atoms with E-state index in [1.165, 1.54) is 38.9 Å². The van der Waals surface area contributed by atoms with E-state index in [4.69, 9.17) is 0 Å². The largest absolute Gasteiger partial charge is 0.273 e. The molecule has 0 aliphatic carbocycles. The Bertz CT molecular complexity index is 1140. The summed E-state index contributed by atoms with van der Waals surface area (Å²) >= 11 is 0. The summed E-state index contributed by atoms with van der Waals surface area (Å²) in [7, 11) is 0. The van der Waals surface area contributed by atoms with E-state index in [2.05, 4.69) is 122 Å². The number of aliphatic imine (C=N–C) groups is 1. The van der Waals surface area contributed by atoms with Crippen LogP contribution in [0.1, 0.15) is 18.4 Å². The summed E-state index contributed by atoms with van der Waals surface area (Å²) in [6.07, 6.45) is 3.82. The first kappa shape index (κ1) is 19.6. The molecule has 1 atom stereocenters. The Morgan fingerprint density at radius 2 is 1.07 bits per heavy atom. The van der Waals surface area contributed by atoms with E-state index >= 15 is 0 Å². The Morgan fingerprint density at radius 1 is 0.600 bits per heavy atom. The second-order valence-corrected chi connectivity index (χ2v) is 7.46. The topological polar surface area (TPSA) is 12.4 Å². The lowest BCUT2D eigenvalue weighted by Gasteiger charge is -2.10. The molecule has 4 rings (SSSR count). The first-order valence-corrected chi connectivity index (χ1v) is 10.2. The van der Waals surface area contributed by atoms with Gasteiger partial charge in [0.15, 0.2) is 0 Å². The zero-order chi connectivity index (χ0) is 20.8. The molecule has 0 amide bonds. The fraction of sp³-hybridized carbons (Fsp3) is 0.0690. The van der Waals surface area contributed by atoms with Crippen LogP contribution >= 0.6 is 0 Å². The molecular formula is C29H25N. The molecule has 30 heavy (non-hydrogen) atoms. The zero-order valence-electron chi connectivity index (χ0n) is 17.2. The lowest BCUT2D eigenvalue weighted by Crippen LogP contribution is -1.90. The number of allylic oxidation sites excluding steroid dienone is 1. The average Bonchev–Trinajstić information content (AvgIpc) is 2.83. The summed E-state index contributed by atoms with van der Waals surface area (Å²) in [4.78, 5) is 3.81. The number of hydrogen-bond donors (Lipinski definition) is 0. The van der Waals surface area contributed by atoms with E-state index in [1.54, 1.807) is 6.20 Å². The van der Waals surface area contributed by atoms with Crippen LogP contribution < -0.4 is 0 Å². The maximum absolute atomic E-state index is 3.81. The highest BCUT2D eigenvalue weighted by atomic mass is 14.6. The second-order valence-electron chi connectivity index (χ2n) is 7.46. The van der Waals surface area contributed by atoms with Gasteiger partial charge in [-0.05, 0) is 45.7 Å². The van der Waals surface area contributed by atoms with Gasteiger partial charge in [0.25, 0.3) is 0 Å². The Kier molecular flexibility index (Phi) is 6.01. The molecule has 0 spiro atoms. The van der Waals surface area contributed by atoms with Crippen molar-refractivity contribution in [3.63, 3.8) is 0 Å². The van der Waals surface area contributed by atoms with E-state index in [1.807, 2.05) is 6.07 Å². The lowest BCUT2D eigenvalue weighted by atomic mass is 9.95. The predicted molar refractivity (Wildman–Crippen MR) is 130 cm³/mol. The van der Waals surface area contributed by atoms with Gasteiger partial charge in [0.1, 0.15) is 0 Å². The highest BCUT2D eigenvalue weighted by Crippen LogP contribution is 2.29. The van der Waals surface area contributed by atoms with Gasteiger partial charge < -0.3 is 0 Å². The van der Waals surface area contributed by atoms with Gasteiger partial charge in [0.05, 0.1) is 0 Å². The van der Waals surface area contributed by atoms with Crippen molar-refractivity contribution >= 4 is 6.72 Å². The van der Waals surface area contributed by atoms with Crippen LogP contribution in [0.5, 0.6) is 0 Å². The van der Waals surface area contributed by atoms with Crippen molar-refractivity contribution in [1.82, 2.24) is 0 Å². The van der Waals surface area contributed by atoms with Crippen molar-refractivity contribution < 1.29 is 0 Å². The molecular weight excluding hydrogens is 362 g/mol. The summed E-state index contributed by atoms with van der Waals surface area (Å²) in [5, 5.41) is 0. The highest BCUT2D eigenvalue weighted by Gasteiger charge is 2.05. The van der Waals surface area contributed by atoms with Crippen molar-refractivity contribution in [3.8, 4) is 33.4 Å². The van der Waals surface area contributed by atoms with Crippen molar-refractivity contribution in [3.05, 3.63) is 121 Å². The molecule has 1 nitrogen and oxygen atoms in total. The maximum atomic E-state index is 3.81. The molecule has 1 heteroatoms. The summed E-state index contributed by atoms with van der Waals surface area (Å²) in [5.74, 6) is 0.304. The van der Waals surface area contributed by atoms with Gasteiger partial charge in [-0.25, -0.2) is 0 Å². The fourth-order valence-electron chi connectivity index (χ4n) is 3.64.